The van der Waals surface area contributed by atoms with E-state index in [1.54, 1.807) is 6.07 Å². The van der Waals surface area contributed by atoms with Crippen LogP contribution in [0.4, 0.5) is 0 Å². The summed E-state index contributed by atoms with van der Waals surface area (Å²) in [6.07, 6.45) is 1.15. The van der Waals surface area contributed by atoms with Gasteiger partial charge in [0.1, 0.15) is 0 Å². The molecule has 0 bridgehead atoms. The van der Waals surface area contributed by atoms with E-state index in [1.165, 1.54) is 10.5 Å². The summed E-state index contributed by atoms with van der Waals surface area (Å²) in [4.78, 5) is 1.39. The van der Waals surface area contributed by atoms with Gasteiger partial charge in [-0.25, -0.2) is 0 Å². The van der Waals surface area contributed by atoms with Gasteiger partial charge < -0.3 is 5.32 Å². The average molecular weight is 324 g/mol. The number of hydrogen-bond acceptors (Lipinski definition) is 2. The quantitative estimate of drug-likeness (QED) is 0.820. The second kappa shape index (κ2) is 6.40. The van der Waals surface area contributed by atoms with Crippen LogP contribution in [0.2, 0.25) is 10.0 Å². The molecule has 0 spiro atoms. The highest BCUT2D eigenvalue weighted by Crippen LogP contribution is 2.36. The van der Waals surface area contributed by atoms with Crippen LogP contribution in [0.3, 0.4) is 0 Å². The fourth-order valence-electron chi connectivity index (χ4n) is 2.51. The first-order valence-electron chi connectivity index (χ1n) is 6.62. The highest BCUT2D eigenvalue weighted by Gasteiger charge is 2.19. The van der Waals surface area contributed by atoms with Gasteiger partial charge in [0.25, 0.3) is 0 Å². The minimum atomic E-state index is 0.408. The van der Waals surface area contributed by atoms with Crippen LogP contribution in [0.5, 0.6) is 0 Å². The molecular weight excluding hydrogens is 309 g/mol. The van der Waals surface area contributed by atoms with Crippen molar-refractivity contribution in [3.63, 3.8) is 0 Å². The number of fused-ring (bicyclic) bond motifs is 1. The Morgan fingerprint density at radius 3 is 2.65 bits per heavy atom. The van der Waals surface area contributed by atoms with E-state index in [-0.39, 0.29) is 0 Å². The molecule has 4 heteroatoms. The lowest BCUT2D eigenvalue weighted by molar-refractivity contribution is 0.510. The fraction of sp³-hybridized carbons (Fsp3) is 0.250. The van der Waals surface area contributed by atoms with Crippen LogP contribution in [-0.2, 0) is 6.54 Å². The molecule has 1 heterocycles. The van der Waals surface area contributed by atoms with Crippen molar-refractivity contribution in [2.24, 2.45) is 0 Å². The van der Waals surface area contributed by atoms with Crippen molar-refractivity contribution in [1.82, 2.24) is 5.32 Å². The third-order valence-corrected chi connectivity index (χ3v) is 4.99. The van der Waals surface area contributed by atoms with Crippen LogP contribution >= 0.6 is 35.0 Å². The van der Waals surface area contributed by atoms with E-state index < -0.39 is 0 Å². The monoisotopic (exact) mass is 323 g/mol. The Kier molecular flexibility index (Phi) is 4.57. The summed E-state index contributed by atoms with van der Waals surface area (Å²) in [5.74, 6) is 1.16. The number of rotatable bonds is 3. The molecule has 0 radical (unpaired) electrons. The largest absolute Gasteiger partial charge is 0.306 e. The average Bonchev–Trinajstić information content (AvgIpc) is 2.44. The molecule has 1 unspecified atom stereocenters. The van der Waals surface area contributed by atoms with Gasteiger partial charge >= 0.3 is 0 Å². The second-order valence-corrected chi connectivity index (χ2v) is 6.90. The van der Waals surface area contributed by atoms with Crippen molar-refractivity contribution in [2.45, 2.75) is 23.9 Å². The normalized spacial score (nSPS) is 17.8. The van der Waals surface area contributed by atoms with Gasteiger partial charge in [-0.2, -0.15) is 0 Å². The van der Waals surface area contributed by atoms with Crippen molar-refractivity contribution in [1.29, 1.82) is 0 Å². The molecule has 0 amide bonds. The highest BCUT2D eigenvalue weighted by molar-refractivity contribution is 7.99. The lowest BCUT2D eigenvalue weighted by atomic mass is 10.0. The van der Waals surface area contributed by atoms with Crippen LogP contribution in [0.1, 0.15) is 23.6 Å². The molecule has 20 heavy (non-hydrogen) atoms. The molecule has 2 aromatic carbocycles. The molecule has 0 fully saturated rings. The SMILES string of the molecule is Clc1cc(Cl)cc(CNC2CCSc3ccccc32)c1. The maximum absolute atomic E-state index is 6.04. The van der Waals surface area contributed by atoms with Crippen molar-refractivity contribution >= 4 is 35.0 Å². The van der Waals surface area contributed by atoms with Gasteiger partial charge in [0.2, 0.25) is 0 Å². The molecule has 1 N–H and O–H groups in total. The third-order valence-electron chi connectivity index (χ3n) is 3.43. The summed E-state index contributed by atoms with van der Waals surface area (Å²) in [6.45, 7) is 0.782. The molecular formula is C16H15Cl2NS. The van der Waals surface area contributed by atoms with Crippen molar-refractivity contribution in [3.05, 3.63) is 63.6 Å². The maximum Gasteiger partial charge on any atom is 0.0424 e. The Bertz CT molecular complexity index is 595. The summed E-state index contributed by atoms with van der Waals surface area (Å²) in [5.41, 5.74) is 2.52. The van der Waals surface area contributed by atoms with Crippen LogP contribution < -0.4 is 5.32 Å². The molecule has 0 aliphatic carbocycles. The zero-order valence-corrected chi connectivity index (χ0v) is 13.2. The van der Waals surface area contributed by atoms with Crippen LogP contribution in [0.25, 0.3) is 0 Å². The molecule has 2 aromatic rings. The van der Waals surface area contributed by atoms with Gasteiger partial charge in [-0.1, -0.05) is 41.4 Å². The van der Waals surface area contributed by atoms with E-state index in [0.29, 0.717) is 16.1 Å². The molecule has 1 atom stereocenters. The van der Waals surface area contributed by atoms with E-state index in [4.69, 9.17) is 23.2 Å². The zero-order valence-electron chi connectivity index (χ0n) is 10.9. The molecule has 1 aliphatic heterocycles. The third kappa shape index (κ3) is 3.32. The molecule has 0 saturated heterocycles. The Balaban J connectivity index is 1.73. The molecule has 3 rings (SSSR count). The molecule has 0 saturated carbocycles. The van der Waals surface area contributed by atoms with E-state index in [2.05, 4.69) is 29.6 Å². The molecule has 104 valence electrons. The number of hydrogen-bond donors (Lipinski definition) is 1. The van der Waals surface area contributed by atoms with Gasteiger partial charge in [-0.3, -0.25) is 0 Å². The number of benzene rings is 2. The number of thioether (sulfide) groups is 1. The second-order valence-electron chi connectivity index (χ2n) is 4.89. The predicted octanol–water partition coefficient (Wildman–Crippen LogP) is 5.32. The van der Waals surface area contributed by atoms with Crippen LogP contribution in [0.15, 0.2) is 47.4 Å². The number of nitrogens with one attached hydrogen (secondary N) is 1. The minimum absolute atomic E-state index is 0.408. The minimum Gasteiger partial charge on any atom is -0.306 e. The van der Waals surface area contributed by atoms with Crippen molar-refractivity contribution in [2.75, 3.05) is 5.75 Å². The maximum atomic E-state index is 6.04. The Morgan fingerprint density at radius 2 is 1.85 bits per heavy atom. The number of halogens is 2. The molecule has 0 aromatic heterocycles. The topological polar surface area (TPSA) is 12.0 Å². The van der Waals surface area contributed by atoms with E-state index in [9.17, 15) is 0 Å². The lowest BCUT2D eigenvalue weighted by Gasteiger charge is -2.26. The fourth-order valence-corrected chi connectivity index (χ4v) is 4.20. The van der Waals surface area contributed by atoms with Crippen LogP contribution in [-0.4, -0.2) is 5.75 Å². The smallest absolute Gasteiger partial charge is 0.0424 e. The zero-order chi connectivity index (χ0) is 13.9. The first-order valence-corrected chi connectivity index (χ1v) is 8.36. The predicted molar refractivity (Wildman–Crippen MR) is 87.8 cm³/mol. The van der Waals surface area contributed by atoms with E-state index in [1.807, 2.05) is 23.9 Å². The standard InChI is InChI=1S/C16H15Cl2NS/c17-12-7-11(8-13(18)9-12)10-19-15-5-6-20-16-4-2-1-3-14(15)16/h1-4,7-9,15,19H,5-6,10H2. The summed E-state index contributed by atoms with van der Waals surface area (Å²) >= 11 is 14.0. The molecule has 1 aliphatic rings. The Morgan fingerprint density at radius 1 is 1.10 bits per heavy atom. The van der Waals surface area contributed by atoms with Gasteiger partial charge in [0.15, 0.2) is 0 Å². The van der Waals surface area contributed by atoms with E-state index >= 15 is 0 Å². The van der Waals surface area contributed by atoms with Gasteiger partial charge in [-0.15, -0.1) is 11.8 Å². The lowest BCUT2D eigenvalue weighted by Crippen LogP contribution is -2.24. The van der Waals surface area contributed by atoms with Crippen LogP contribution in [0, 0.1) is 0 Å². The van der Waals surface area contributed by atoms with Gasteiger partial charge in [-0.05, 0) is 47.6 Å². The van der Waals surface area contributed by atoms with Gasteiger partial charge in [0.05, 0.1) is 0 Å². The van der Waals surface area contributed by atoms with Gasteiger partial charge in [0, 0.05) is 27.5 Å². The Labute approximate surface area is 133 Å². The van der Waals surface area contributed by atoms with Crippen molar-refractivity contribution in [3.8, 4) is 0 Å². The highest BCUT2D eigenvalue weighted by atomic mass is 35.5. The Hall–Kier alpha value is -0.670. The summed E-state index contributed by atoms with van der Waals surface area (Å²) < 4.78 is 0. The first-order chi connectivity index (χ1) is 9.72. The summed E-state index contributed by atoms with van der Waals surface area (Å²) in [7, 11) is 0. The summed E-state index contributed by atoms with van der Waals surface area (Å²) in [5, 5.41) is 5.00. The van der Waals surface area contributed by atoms with Crippen molar-refractivity contribution < 1.29 is 0 Å². The first kappa shape index (κ1) is 14.3. The van der Waals surface area contributed by atoms with E-state index in [0.717, 1.165) is 24.3 Å². The summed E-state index contributed by atoms with van der Waals surface area (Å²) in [6, 6.07) is 14.7. The molecule has 1 nitrogen and oxygen atoms in total.